The van der Waals surface area contributed by atoms with E-state index in [4.69, 9.17) is 15.8 Å². The number of rotatable bonds is 3. The summed E-state index contributed by atoms with van der Waals surface area (Å²) in [5, 5.41) is 17.1. The molecule has 1 rings (SSSR count). The van der Waals surface area contributed by atoms with E-state index in [1.165, 1.54) is 18.2 Å². The third-order valence-corrected chi connectivity index (χ3v) is 2.81. The van der Waals surface area contributed by atoms with Gasteiger partial charge in [0.1, 0.15) is 5.75 Å². The van der Waals surface area contributed by atoms with Gasteiger partial charge >= 0.3 is 7.32 Å². The summed E-state index contributed by atoms with van der Waals surface area (Å²) < 4.78 is 27.0. The van der Waals surface area contributed by atoms with E-state index in [2.05, 4.69) is 4.65 Å². The summed E-state index contributed by atoms with van der Waals surface area (Å²) in [5.74, 6) is -0.0899. The van der Waals surface area contributed by atoms with E-state index in [0.29, 0.717) is 0 Å². The number of para-hydroxylation sites is 1. The number of hydrogen-bond donors (Lipinski definition) is 3. The minimum atomic E-state index is -3.46. The second-order valence-corrected chi connectivity index (χ2v) is 4.87. The summed E-state index contributed by atoms with van der Waals surface area (Å²) in [4.78, 5) is -0.111. The zero-order valence-electron chi connectivity index (χ0n) is 7.91. The Bertz CT molecular complexity index is 458. The zero-order chi connectivity index (χ0) is 11.6. The van der Waals surface area contributed by atoms with Gasteiger partial charge in [0.2, 0.25) is 0 Å². The molecule has 15 heavy (non-hydrogen) atoms. The Balaban J connectivity index is 3.24. The minimum absolute atomic E-state index is 0.0899. The lowest BCUT2D eigenvalue weighted by molar-refractivity contribution is 0.288. The predicted molar refractivity (Wildman–Crippen MR) is 54.8 cm³/mol. The minimum Gasteiger partial charge on any atom is -0.510 e. The monoisotopic (exact) mass is 231 g/mol. The molecule has 0 heterocycles. The van der Waals surface area contributed by atoms with Gasteiger partial charge in [0.05, 0.1) is 10.6 Å². The highest BCUT2D eigenvalue weighted by Crippen LogP contribution is 2.28. The molecule has 0 atom stereocenters. The fourth-order valence-corrected chi connectivity index (χ4v) is 1.89. The van der Waals surface area contributed by atoms with E-state index in [-0.39, 0.29) is 16.3 Å². The largest absolute Gasteiger partial charge is 0.707 e. The van der Waals surface area contributed by atoms with Crippen LogP contribution < -0.4 is 10.4 Å². The molecule has 0 bridgehead atoms. The molecule has 1 aromatic rings. The third-order valence-electron chi connectivity index (χ3n) is 1.66. The van der Waals surface area contributed by atoms with Crippen LogP contribution in [-0.4, -0.2) is 32.0 Å². The molecule has 0 aromatic heterocycles. The second-order valence-electron chi connectivity index (χ2n) is 2.88. The predicted octanol–water partition coefficient (Wildman–Crippen LogP) is -0.979. The van der Waals surface area contributed by atoms with Crippen LogP contribution in [0.5, 0.6) is 5.75 Å². The van der Waals surface area contributed by atoms with Crippen molar-refractivity contribution in [2.24, 2.45) is 0 Å². The molecule has 82 valence electrons. The normalized spacial score (nSPS) is 11.1. The van der Waals surface area contributed by atoms with E-state index in [1.54, 1.807) is 0 Å². The first-order valence-corrected chi connectivity index (χ1v) is 5.83. The number of anilines is 1. The van der Waals surface area contributed by atoms with Crippen molar-refractivity contribution < 1.29 is 23.1 Å². The first kappa shape index (κ1) is 11.8. The maximum Gasteiger partial charge on any atom is 0.707 e. The van der Waals surface area contributed by atoms with Crippen LogP contribution in [0.25, 0.3) is 0 Å². The Morgan fingerprint density at radius 3 is 2.47 bits per heavy atom. The van der Waals surface area contributed by atoms with Crippen molar-refractivity contribution in [1.82, 2.24) is 0 Å². The molecule has 0 radical (unpaired) electrons. The molecule has 0 saturated carbocycles. The van der Waals surface area contributed by atoms with E-state index in [0.717, 1.165) is 6.26 Å². The van der Waals surface area contributed by atoms with Crippen molar-refractivity contribution >= 4 is 22.8 Å². The molecular weight excluding hydrogens is 221 g/mol. The average Bonchev–Trinajstić information content (AvgIpc) is 2.05. The summed E-state index contributed by atoms with van der Waals surface area (Å²) in [7, 11) is -5.50. The van der Waals surface area contributed by atoms with Gasteiger partial charge in [-0.3, -0.25) is 0 Å². The second kappa shape index (κ2) is 4.09. The maximum absolute atomic E-state index is 11.2. The molecule has 0 aliphatic heterocycles. The molecule has 0 fully saturated rings. The van der Waals surface area contributed by atoms with Crippen molar-refractivity contribution in [2.45, 2.75) is 4.90 Å². The van der Waals surface area contributed by atoms with Crippen molar-refractivity contribution in [3.8, 4) is 5.75 Å². The average molecular weight is 231 g/mol. The molecular formula is C7H10BNO5S. The molecule has 1 aromatic carbocycles. The molecule has 0 spiro atoms. The number of benzene rings is 1. The Labute approximate surface area is 87.4 Å². The van der Waals surface area contributed by atoms with Crippen LogP contribution in [0.1, 0.15) is 0 Å². The van der Waals surface area contributed by atoms with Gasteiger partial charge < -0.3 is 20.4 Å². The molecule has 6 nitrogen and oxygen atoms in total. The lowest BCUT2D eigenvalue weighted by atomic mass is 10.2. The van der Waals surface area contributed by atoms with E-state index in [1.807, 2.05) is 0 Å². The van der Waals surface area contributed by atoms with Crippen LogP contribution in [0, 0.1) is 0 Å². The van der Waals surface area contributed by atoms with Gasteiger partial charge in [0, 0.05) is 6.26 Å². The van der Waals surface area contributed by atoms with Gasteiger partial charge in [-0.05, 0) is 12.1 Å². The lowest BCUT2D eigenvalue weighted by Gasteiger charge is -2.10. The zero-order valence-corrected chi connectivity index (χ0v) is 8.73. The summed E-state index contributed by atoms with van der Waals surface area (Å²) in [5.41, 5.74) is 5.35. The molecule has 4 N–H and O–H groups in total. The Kier molecular flexibility index (Phi) is 3.23. The summed E-state index contributed by atoms with van der Waals surface area (Å²) in [6.07, 6.45) is 0.998. The van der Waals surface area contributed by atoms with Crippen molar-refractivity contribution in [1.29, 1.82) is 0 Å². The van der Waals surface area contributed by atoms with Gasteiger partial charge in [-0.2, -0.15) is 0 Å². The SMILES string of the molecule is CS(=O)(=O)c1cccc(OB(O)O)c1N. The van der Waals surface area contributed by atoms with Crippen molar-refractivity contribution in [2.75, 3.05) is 12.0 Å². The van der Waals surface area contributed by atoms with Crippen LogP contribution >= 0.6 is 0 Å². The fraction of sp³-hybridized carbons (Fsp3) is 0.143. The van der Waals surface area contributed by atoms with Crippen LogP contribution in [0.15, 0.2) is 23.1 Å². The summed E-state index contributed by atoms with van der Waals surface area (Å²) in [6, 6.07) is 4.04. The quantitative estimate of drug-likeness (QED) is 0.455. The van der Waals surface area contributed by atoms with Gasteiger partial charge in [-0.1, -0.05) is 6.07 Å². The van der Waals surface area contributed by atoms with Crippen LogP contribution in [-0.2, 0) is 9.84 Å². The van der Waals surface area contributed by atoms with Gasteiger partial charge in [-0.25, -0.2) is 8.42 Å². The highest BCUT2D eigenvalue weighted by molar-refractivity contribution is 7.90. The third kappa shape index (κ3) is 2.85. The first-order chi connectivity index (χ1) is 6.82. The highest BCUT2D eigenvalue weighted by Gasteiger charge is 2.18. The number of sulfone groups is 1. The molecule has 0 aliphatic carbocycles. The Morgan fingerprint density at radius 1 is 1.40 bits per heavy atom. The number of nitrogens with two attached hydrogens (primary N) is 1. The van der Waals surface area contributed by atoms with Gasteiger partial charge in [-0.15, -0.1) is 0 Å². The fourth-order valence-electron chi connectivity index (χ4n) is 1.06. The maximum atomic E-state index is 11.2. The molecule has 0 aliphatic rings. The van der Waals surface area contributed by atoms with E-state index < -0.39 is 17.2 Å². The van der Waals surface area contributed by atoms with Crippen LogP contribution in [0.2, 0.25) is 0 Å². The highest BCUT2D eigenvalue weighted by atomic mass is 32.2. The summed E-state index contributed by atoms with van der Waals surface area (Å²) in [6.45, 7) is 0. The molecule has 0 amide bonds. The molecule has 0 unspecified atom stereocenters. The topological polar surface area (TPSA) is 110 Å². The molecule has 0 saturated heterocycles. The lowest BCUT2D eigenvalue weighted by Crippen LogP contribution is -2.21. The van der Waals surface area contributed by atoms with Crippen LogP contribution in [0.3, 0.4) is 0 Å². The van der Waals surface area contributed by atoms with Crippen molar-refractivity contribution in [3.63, 3.8) is 0 Å². The number of nitrogen functional groups attached to an aromatic ring is 1. The van der Waals surface area contributed by atoms with Gasteiger partial charge in [0.25, 0.3) is 0 Å². The van der Waals surface area contributed by atoms with Crippen molar-refractivity contribution in [3.05, 3.63) is 18.2 Å². The molecule has 8 heteroatoms. The number of hydrogen-bond acceptors (Lipinski definition) is 6. The van der Waals surface area contributed by atoms with Gasteiger partial charge in [0.15, 0.2) is 9.84 Å². The first-order valence-electron chi connectivity index (χ1n) is 3.93. The smallest absolute Gasteiger partial charge is 0.510 e. The Hall–Kier alpha value is -1.25. The van der Waals surface area contributed by atoms with E-state index in [9.17, 15) is 8.42 Å². The Morgan fingerprint density at radius 2 is 2.00 bits per heavy atom. The standard InChI is InChI=1S/C7H10BNO5S/c1-15(12,13)6-4-2-3-5(7(6)9)14-8(10)11/h2-4,10-11H,9H2,1H3. The van der Waals surface area contributed by atoms with E-state index >= 15 is 0 Å². The summed E-state index contributed by atoms with van der Waals surface area (Å²) >= 11 is 0. The van der Waals surface area contributed by atoms with Crippen LogP contribution in [0.4, 0.5) is 5.69 Å².